The number of carbonyl (C=O) groups is 1. The van der Waals surface area contributed by atoms with Crippen LogP contribution < -0.4 is 18.9 Å². The van der Waals surface area contributed by atoms with Crippen molar-refractivity contribution >= 4 is 5.91 Å². The van der Waals surface area contributed by atoms with E-state index in [1.165, 1.54) is 32.3 Å². The molecule has 27 heavy (non-hydrogen) atoms. The Labute approximate surface area is 156 Å². The lowest BCUT2D eigenvalue weighted by Crippen LogP contribution is -2.26. The SMILES string of the molecule is COc1ccc(C(=O)N(C)Cc2ccc(OC(F)F)c(OC)c2)c(OC)c1. The zero-order valence-corrected chi connectivity index (χ0v) is 15.5. The average molecular weight is 381 g/mol. The summed E-state index contributed by atoms with van der Waals surface area (Å²) in [6.07, 6.45) is 0. The van der Waals surface area contributed by atoms with Crippen molar-refractivity contribution in [3.8, 4) is 23.0 Å². The number of benzene rings is 2. The number of hydrogen-bond donors (Lipinski definition) is 0. The van der Waals surface area contributed by atoms with Gasteiger partial charge in [0, 0.05) is 19.7 Å². The largest absolute Gasteiger partial charge is 0.497 e. The topological polar surface area (TPSA) is 57.2 Å². The molecule has 2 aromatic carbocycles. The minimum atomic E-state index is -2.95. The highest BCUT2D eigenvalue weighted by atomic mass is 19.3. The molecule has 1 amide bonds. The third-order valence-electron chi connectivity index (χ3n) is 3.85. The summed E-state index contributed by atoms with van der Waals surface area (Å²) in [6, 6.07) is 9.44. The maximum absolute atomic E-state index is 12.7. The van der Waals surface area contributed by atoms with E-state index < -0.39 is 6.61 Å². The lowest BCUT2D eigenvalue weighted by Gasteiger charge is -2.20. The Morgan fingerprint density at radius 3 is 2.26 bits per heavy atom. The molecule has 0 unspecified atom stereocenters. The van der Waals surface area contributed by atoms with Crippen molar-refractivity contribution in [2.24, 2.45) is 0 Å². The van der Waals surface area contributed by atoms with Crippen molar-refractivity contribution in [1.29, 1.82) is 0 Å². The summed E-state index contributed by atoms with van der Waals surface area (Å²) in [5.74, 6) is 0.800. The van der Waals surface area contributed by atoms with E-state index in [0.29, 0.717) is 22.6 Å². The molecule has 146 valence electrons. The molecule has 2 aromatic rings. The molecule has 0 aromatic heterocycles. The third-order valence-corrected chi connectivity index (χ3v) is 3.85. The van der Waals surface area contributed by atoms with E-state index in [9.17, 15) is 13.6 Å². The summed E-state index contributed by atoms with van der Waals surface area (Å²) >= 11 is 0. The van der Waals surface area contributed by atoms with E-state index in [0.717, 1.165) is 0 Å². The lowest BCUT2D eigenvalue weighted by atomic mass is 10.1. The van der Waals surface area contributed by atoms with Crippen LogP contribution in [0, 0.1) is 0 Å². The zero-order valence-electron chi connectivity index (χ0n) is 15.5. The first kappa shape index (κ1) is 20.3. The van der Waals surface area contributed by atoms with E-state index in [1.807, 2.05) is 0 Å². The van der Waals surface area contributed by atoms with Crippen LogP contribution in [-0.2, 0) is 6.54 Å². The molecule has 0 radical (unpaired) electrons. The Kier molecular flexibility index (Phi) is 6.81. The Morgan fingerprint density at radius 1 is 0.963 bits per heavy atom. The molecular weight excluding hydrogens is 360 g/mol. The number of amides is 1. The van der Waals surface area contributed by atoms with E-state index in [4.69, 9.17) is 14.2 Å². The highest BCUT2D eigenvalue weighted by Crippen LogP contribution is 2.30. The Bertz CT molecular complexity index is 798. The highest BCUT2D eigenvalue weighted by Gasteiger charge is 2.18. The maximum Gasteiger partial charge on any atom is 0.387 e. The Hall–Kier alpha value is -3.03. The summed E-state index contributed by atoms with van der Waals surface area (Å²) < 4.78 is 44.7. The van der Waals surface area contributed by atoms with Gasteiger partial charge in [0.15, 0.2) is 11.5 Å². The zero-order chi connectivity index (χ0) is 20.0. The number of nitrogens with zero attached hydrogens (tertiary/aromatic N) is 1. The van der Waals surface area contributed by atoms with Crippen LogP contribution in [0.3, 0.4) is 0 Å². The third kappa shape index (κ3) is 4.99. The van der Waals surface area contributed by atoms with Crippen LogP contribution in [0.5, 0.6) is 23.0 Å². The number of ether oxygens (including phenoxy) is 4. The molecule has 2 rings (SSSR count). The molecule has 0 saturated carbocycles. The Morgan fingerprint density at radius 2 is 1.67 bits per heavy atom. The molecule has 0 saturated heterocycles. The molecule has 0 aliphatic carbocycles. The molecule has 8 heteroatoms. The van der Waals surface area contributed by atoms with Gasteiger partial charge in [0.1, 0.15) is 11.5 Å². The van der Waals surface area contributed by atoms with Gasteiger partial charge in [-0.15, -0.1) is 0 Å². The van der Waals surface area contributed by atoms with Crippen LogP contribution in [0.25, 0.3) is 0 Å². The monoisotopic (exact) mass is 381 g/mol. The van der Waals surface area contributed by atoms with Gasteiger partial charge in [-0.2, -0.15) is 8.78 Å². The lowest BCUT2D eigenvalue weighted by molar-refractivity contribution is -0.0512. The second kappa shape index (κ2) is 9.07. The van der Waals surface area contributed by atoms with Gasteiger partial charge in [-0.05, 0) is 29.8 Å². The second-order valence-electron chi connectivity index (χ2n) is 5.59. The molecule has 0 aliphatic heterocycles. The quantitative estimate of drug-likeness (QED) is 0.700. The van der Waals surface area contributed by atoms with Crippen LogP contribution in [-0.4, -0.2) is 45.8 Å². The van der Waals surface area contributed by atoms with Gasteiger partial charge < -0.3 is 23.8 Å². The summed E-state index contributed by atoms with van der Waals surface area (Å²) in [7, 11) is 5.98. The van der Waals surface area contributed by atoms with Crippen molar-refractivity contribution in [2.45, 2.75) is 13.2 Å². The van der Waals surface area contributed by atoms with Crippen molar-refractivity contribution in [2.75, 3.05) is 28.4 Å². The predicted molar refractivity (Wildman–Crippen MR) is 95.0 cm³/mol. The number of alkyl halides is 2. The number of rotatable bonds is 8. The average Bonchev–Trinajstić information content (AvgIpc) is 2.67. The van der Waals surface area contributed by atoms with Gasteiger partial charge in [-0.25, -0.2) is 0 Å². The van der Waals surface area contributed by atoms with Gasteiger partial charge in [0.05, 0.1) is 26.9 Å². The smallest absolute Gasteiger partial charge is 0.387 e. The number of halogens is 2. The van der Waals surface area contributed by atoms with E-state index >= 15 is 0 Å². The molecule has 0 bridgehead atoms. The molecule has 0 spiro atoms. The van der Waals surface area contributed by atoms with Gasteiger partial charge in [0.2, 0.25) is 0 Å². The highest BCUT2D eigenvalue weighted by molar-refractivity contribution is 5.97. The minimum Gasteiger partial charge on any atom is -0.497 e. The van der Waals surface area contributed by atoms with Gasteiger partial charge >= 0.3 is 6.61 Å². The van der Waals surface area contributed by atoms with Crippen molar-refractivity contribution in [3.63, 3.8) is 0 Å². The van der Waals surface area contributed by atoms with Crippen molar-refractivity contribution in [3.05, 3.63) is 47.5 Å². The second-order valence-corrected chi connectivity index (χ2v) is 5.59. The molecule has 0 fully saturated rings. The summed E-state index contributed by atoms with van der Waals surface area (Å²) in [6.45, 7) is -2.71. The molecule has 0 aliphatic rings. The van der Waals surface area contributed by atoms with Crippen molar-refractivity contribution in [1.82, 2.24) is 4.90 Å². The maximum atomic E-state index is 12.7. The molecule has 6 nitrogen and oxygen atoms in total. The van der Waals surface area contributed by atoms with Crippen LogP contribution in [0.1, 0.15) is 15.9 Å². The van der Waals surface area contributed by atoms with E-state index in [1.54, 1.807) is 37.4 Å². The fourth-order valence-electron chi connectivity index (χ4n) is 2.53. The Balaban J connectivity index is 2.19. The van der Waals surface area contributed by atoms with Crippen LogP contribution in [0.2, 0.25) is 0 Å². The number of carbonyl (C=O) groups excluding carboxylic acids is 1. The number of methoxy groups -OCH3 is 3. The molecular formula is C19H21F2NO5. The van der Waals surface area contributed by atoms with Gasteiger partial charge in [0.25, 0.3) is 5.91 Å². The van der Waals surface area contributed by atoms with Gasteiger partial charge in [-0.1, -0.05) is 6.07 Å². The van der Waals surface area contributed by atoms with Crippen LogP contribution >= 0.6 is 0 Å². The predicted octanol–water partition coefficient (Wildman–Crippen LogP) is 3.59. The first-order valence-electron chi connectivity index (χ1n) is 7.98. The van der Waals surface area contributed by atoms with Crippen LogP contribution in [0.15, 0.2) is 36.4 Å². The summed E-state index contributed by atoms with van der Waals surface area (Å²) in [4.78, 5) is 14.2. The fourth-order valence-corrected chi connectivity index (χ4v) is 2.53. The normalized spacial score (nSPS) is 10.5. The summed E-state index contributed by atoms with van der Waals surface area (Å²) in [5, 5.41) is 0. The fraction of sp³-hybridized carbons (Fsp3) is 0.316. The van der Waals surface area contributed by atoms with E-state index in [2.05, 4.69) is 4.74 Å². The van der Waals surface area contributed by atoms with Crippen molar-refractivity contribution < 1.29 is 32.5 Å². The number of hydrogen-bond acceptors (Lipinski definition) is 5. The first-order valence-corrected chi connectivity index (χ1v) is 7.98. The minimum absolute atomic E-state index is 0.0675. The van der Waals surface area contributed by atoms with E-state index in [-0.39, 0.29) is 24.0 Å². The summed E-state index contributed by atoms with van der Waals surface area (Å²) in [5.41, 5.74) is 1.07. The van der Waals surface area contributed by atoms with Gasteiger partial charge in [-0.3, -0.25) is 4.79 Å². The molecule has 0 atom stereocenters. The standard InChI is InChI=1S/C19H21F2NO5/c1-22(18(23)14-7-6-13(24-2)10-16(14)25-3)11-12-5-8-15(27-19(20)21)17(9-12)26-4/h5-10,19H,11H2,1-4H3. The molecule has 0 heterocycles. The molecule has 0 N–H and O–H groups in total. The first-order chi connectivity index (χ1) is 12.9. The van der Waals surface area contributed by atoms with Crippen LogP contribution in [0.4, 0.5) is 8.78 Å².